The molecule has 0 aliphatic heterocycles. The van der Waals surface area contributed by atoms with E-state index in [-0.39, 0.29) is 12.5 Å². The summed E-state index contributed by atoms with van der Waals surface area (Å²) in [5.74, 6) is -0.137. The first-order valence-electron chi connectivity index (χ1n) is 6.43. The van der Waals surface area contributed by atoms with E-state index in [0.717, 1.165) is 12.1 Å². The first kappa shape index (κ1) is 14.7. The number of carbonyl (C=O) groups excluding carboxylic acids is 1. The van der Waals surface area contributed by atoms with Crippen LogP contribution >= 0.6 is 0 Å². The monoisotopic (exact) mass is 253 g/mol. The summed E-state index contributed by atoms with van der Waals surface area (Å²) in [5, 5.41) is 16.2. The number of aryl methyl sites for hydroxylation is 2. The van der Waals surface area contributed by atoms with E-state index in [1.807, 2.05) is 33.8 Å². The van der Waals surface area contributed by atoms with Crippen molar-refractivity contribution in [3.8, 4) is 0 Å². The van der Waals surface area contributed by atoms with Crippen LogP contribution in [0.15, 0.2) is 6.07 Å². The van der Waals surface area contributed by atoms with Crippen LogP contribution in [0.25, 0.3) is 0 Å². The second-order valence-corrected chi connectivity index (χ2v) is 5.00. The standard InChI is InChI=1S/C13H23N3O2/c1-5-10-9-11(16(6-2)15-10)12(18)14-13(3,4)7-8-17/h9,17H,5-8H2,1-4H3,(H,14,18). The minimum atomic E-state index is -0.416. The molecule has 0 spiro atoms. The fourth-order valence-electron chi connectivity index (χ4n) is 1.78. The molecule has 0 bridgehead atoms. The summed E-state index contributed by atoms with van der Waals surface area (Å²) >= 11 is 0. The number of aliphatic hydroxyl groups excluding tert-OH is 1. The van der Waals surface area contributed by atoms with Crippen LogP contribution in [0, 0.1) is 0 Å². The van der Waals surface area contributed by atoms with Crippen molar-refractivity contribution >= 4 is 5.91 Å². The van der Waals surface area contributed by atoms with Gasteiger partial charge in [-0.25, -0.2) is 0 Å². The van der Waals surface area contributed by atoms with E-state index < -0.39 is 5.54 Å². The van der Waals surface area contributed by atoms with Crippen LogP contribution < -0.4 is 5.32 Å². The number of carbonyl (C=O) groups is 1. The average molecular weight is 253 g/mol. The number of hydrogen-bond acceptors (Lipinski definition) is 3. The summed E-state index contributed by atoms with van der Waals surface area (Å²) in [7, 11) is 0. The molecule has 1 heterocycles. The van der Waals surface area contributed by atoms with Crippen LogP contribution in [0.5, 0.6) is 0 Å². The summed E-state index contributed by atoms with van der Waals surface area (Å²) in [6.45, 7) is 8.49. The Morgan fingerprint density at radius 2 is 2.17 bits per heavy atom. The fraction of sp³-hybridized carbons (Fsp3) is 0.692. The molecule has 1 amide bonds. The fourth-order valence-corrected chi connectivity index (χ4v) is 1.78. The lowest BCUT2D eigenvalue weighted by Crippen LogP contribution is -2.44. The van der Waals surface area contributed by atoms with Gasteiger partial charge in [0.25, 0.3) is 5.91 Å². The number of aliphatic hydroxyl groups is 1. The zero-order valence-electron chi connectivity index (χ0n) is 11.7. The van der Waals surface area contributed by atoms with Crippen LogP contribution in [0.4, 0.5) is 0 Å². The maximum Gasteiger partial charge on any atom is 0.269 e. The summed E-state index contributed by atoms with van der Waals surface area (Å²) < 4.78 is 1.71. The molecule has 5 nitrogen and oxygen atoms in total. The van der Waals surface area contributed by atoms with Gasteiger partial charge in [0.15, 0.2) is 0 Å². The van der Waals surface area contributed by atoms with Crippen molar-refractivity contribution in [1.82, 2.24) is 15.1 Å². The van der Waals surface area contributed by atoms with Crippen LogP contribution in [0.2, 0.25) is 0 Å². The molecular weight excluding hydrogens is 230 g/mol. The first-order chi connectivity index (χ1) is 8.43. The Labute approximate surface area is 108 Å². The lowest BCUT2D eigenvalue weighted by atomic mass is 10.0. The molecule has 0 aromatic carbocycles. The molecule has 0 atom stereocenters. The van der Waals surface area contributed by atoms with E-state index in [1.165, 1.54) is 0 Å². The zero-order chi connectivity index (χ0) is 13.8. The van der Waals surface area contributed by atoms with E-state index in [4.69, 9.17) is 5.11 Å². The summed E-state index contributed by atoms with van der Waals surface area (Å²) in [6.07, 6.45) is 1.34. The zero-order valence-corrected chi connectivity index (χ0v) is 11.7. The summed E-state index contributed by atoms with van der Waals surface area (Å²) in [5.41, 5.74) is 1.09. The van der Waals surface area contributed by atoms with E-state index >= 15 is 0 Å². The highest BCUT2D eigenvalue weighted by molar-refractivity contribution is 5.93. The Balaban J connectivity index is 2.86. The Kier molecular flexibility index (Phi) is 4.90. The van der Waals surface area contributed by atoms with Gasteiger partial charge in [0, 0.05) is 18.7 Å². The minimum absolute atomic E-state index is 0.0561. The third-order valence-corrected chi connectivity index (χ3v) is 2.91. The summed E-state index contributed by atoms with van der Waals surface area (Å²) in [4.78, 5) is 12.2. The lowest BCUT2D eigenvalue weighted by molar-refractivity contribution is 0.0888. The van der Waals surface area contributed by atoms with Crippen LogP contribution in [0.3, 0.4) is 0 Å². The predicted octanol–water partition coefficient (Wildman–Crippen LogP) is 1.36. The molecule has 102 valence electrons. The Hall–Kier alpha value is -1.36. The molecule has 18 heavy (non-hydrogen) atoms. The maximum atomic E-state index is 12.2. The van der Waals surface area contributed by atoms with Crippen LogP contribution in [-0.2, 0) is 13.0 Å². The average Bonchev–Trinajstić information content (AvgIpc) is 2.71. The van der Waals surface area contributed by atoms with Crippen LogP contribution in [-0.4, -0.2) is 32.9 Å². The largest absolute Gasteiger partial charge is 0.396 e. The number of rotatable bonds is 6. The van der Waals surface area contributed by atoms with Gasteiger partial charge >= 0.3 is 0 Å². The molecule has 0 saturated heterocycles. The molecule has 0 fully saturated rings. The second kappa shape index (κ2) is 6.00. The Bertz CT molecular complexity index is 410. The first-order valence-corrected chi connectivity index (χ1v) is 6.43. The second-order valence-electron chi connectivity index (χ2n) is 5.00. The highest BCUT2D eigenvalue weighted by atomic mass is 16.3. The third-order valence-electron chi connectivity index (χ3n) is 2.91. The molecule has 5 heteroatoms. The van der Waals surface area contributed by atoms with Gasteiger partial charge in [-0.15, -0.1) is 0 Å². The van der Waals surface area contributed by atoms with Gasteiger partial charge in [0.2, 0.25) is 0 Å². The van der Waals surface area contributed by atoms with Crippen molar-refractivity contribution in [2.24, 2.45) is 0 Å². The Morgan fingerprint density at radius 3 is 2.67 bits per heavy atom. The van der Waals surface area contributed by atoms with Gasteiger partial charge in [-0.05, 0) is 39.7 Å². The van der Waals surface area contributed by atoms with Gasteiger partial charge in [-0.2, -0.15) is 5.10 Å². The number of hydrogen-bond donors (Lipinski definition) is 2. The van der Waals surface area contributed by atoms with Crippen LogP contribution in [0.1, 0.15) is 50.3 Å². The smallest absolute Gasteiger partial charge is 0.269 e. The molecule has 1 rings (SSSR count). The quantitative estimate of drug-likeness (QED) is 0.804. The van der Waals surface area contributed by atoms with Crippen molar-refractivity contribution in [3.05, 3.63) is 17.5 Å². The molecule has 0 aliphatic rings. The van der Waals surface area contributed by atoms with E-state index in [0.29, 0.717) is 18.7 Å². The number of nitrogens with zero attached hydrogens (tertiary/aromatic N) is 2. The Morgan fingerprint density at radius 1 is 1.50 bits per heavy atom. The van der Waals surface area contributed by atoms with Gasteiger partial charge in [-0.1, -0.05) is 6.92 Å². The molecule has 0 unspecified atom stereocenters. The van der Waals surface area contributed by atoms with Crippen molar-refractivity contribution in [2.75, 3.05) is 6.61 Å². The van der Waals surface area contributed by atoms with Gasteiger partial charge in [0.1, 0.15) is 5.69 Å². The maximum absolute atomic E-state index is 12.2. The number of nitrogens with one attached hydrogen (secondary N) is 1. The number of aromatic nitrogens is 2. The van der Waals surface area contributed by atoms with E-state index in [2.05, 4.69) is 10.4 Å². The molecule has 0 radical (unpaired) electrons. The molecular formula is C13H23N3O2. The van der Waals surface area contributed by atoms with Crippen molar-refractivity contribution < 1.29 is 9.90 Å². The molecule has 1 aromatic heterocycles. The van der Waals surface area contributed by atoms with Crippen molar-refractivity contribution in [1.29, 1.82) is 0 Å². The van der Waals surface area contributed by atoms with E-state index in [9.17, 15) is 4.79 Å². The lowest BCUT2D eigenvalue weighted by Gasteiger charge is -2.25. The highest BCUT2D eigenvalue weighted by Gasteiger charge is 2.23. The van der Waals surface area contributed by atoms with Gasteiger partial charge < -0.3 is 10.4 Å². The number of amides is 1. The van der Waals surface area contributed by atoms with Crippen molar-refractivity contribution in [2.45, 2.75) is 52.6 Å². The molecule has 0 aliphatic carbocycles. The van der Waals surface area contributed by atoms with Gasteiger partial charge in [-0.3, -0.25) is 9.48 Å². The van der Waals surface area contributed by atoms with Gasteiger partial charge in [0.05, 0.1) is 5.69 Å². The van der Waals surface area contributed by atoms with Crippen molar-refractivity contribution in [3.63, 3.8) is 0 Å². The summed E-state index contributed by atoms with van der Waals surface area (Å²) in [6, 6.07) is 1.83. The molecule has 0 saturated carbocycles. The molecule has 1 aromatic rings. The SMILES string of the molecule is CCc1cc(C(=O)NC(C)(C)CCO)n(CC)n1. The predicted molar refractivity (Wildman–Crippen MR) is 70.5 cm³/mol. The molecule has 2 N–H and O–H groups in total. The van der Waals surface area contributed by atoms with E-state index in [1.54, 1.807) is 4.68 Å². The highest BCUT2D eigenvalue weighted by Crippen LogP contribution is 2.11. The normalized spacial score (nSPS) is 11.6. The minimum Gasteiger partial charge on any atom is -0.396 e. The third kappa shape index (κ3) is 3.57. The topological polar surface area (TPSA) is 67.2 Å².